The zero-order valence-electron chi connectivity index (χ0n) is 67.5. The topological polar surface area (TPSA) is 122 Å². The maximum absolute atomic E-state index is 6.44. The molecule has 10 nitrogen and oxygen atoms in total. The Morgan fingerprint density at radius 3 is 1.10 bits per heavy atom. The second kappa shape index (κ2) is 30.4. The summed E-state index contributed by atoms with van der Waals surface area (Å²) in [5, 5.41) is 4.91. The maximum Gasteiger partial charge on any atom is 0.495 e. The van der Waals surface area contributed by atoms with Crippen molar-refractivity contribution in [3.63, 3.8) is 0 Å². The Kier molecular flexibility index (Phi) is 18.9. The summed E-state index contributed by atoms with van der Waals surface area (Å²) in [4.78, 5) is 30.0. The summed E-state index contributed by atoms with van der Waals surface area (Å²) in [6, 6.07) is 114. The zero-order chi connectivity index (χ0) is 80.7. The number of nitrogens with zero attached hydrogens (tertiary/aromatic N) is 6. The van der Waals surface area contributed by atoms with E-state index in [0.717, 1.165) is 99.5 Å². The minimum atomic E-state index is -0.318. The summed E-state index contributed by atoms with van der Waals surface area (Å²) in [5.74, 6) is 3.57. The highest BCUT2D eigenvalue weighted by Gasteiger charge is 2.54. The van der Waals surface area contributed by atoms with Gasteiger partial charge in [0, 0.05) is 59.7 Å². The van der Waals surface area contributed by atoms with Crippen molar-refractivity contribution in [2.45, 2.75) is 114 Å². The highest BCUT2D eigenvalue weighted by atomic mass is 35.5. The Labute approximate surface area is 704 Å². The average molecular weight is 1580 g/mol. The molecular weight excluding hydrogens is 1490 g/mol. The fourth-order valence-corrected chi connectivity index (χ4v) is 19.8. The molecule has 1 aliphatic heterocycles. The van der Waals surface area contributed by atoms with Gasteiger partial charge in [0.15, 0.2) is 34.9 Å². The molecule has 0 bridgehead atoms. The number of benzene rings is 14. The van der Waals surface area contributed by atoms with E-state index in [0.29, 0.717) is 40.0 Å². The van der Waals surface area contributed by atoms with Gasteiger partial charge in [-0.1, -0.05) is 323 Å². The number of hydrogen-bond donors (Lipinski definition) is 0. The van der Waals surface area contributed by atoms with Crippen molar-refractivity contribution in [2.24, 2.45) is 0 Å². The lowest BCUT2D eigenvalue weighted by Gasteiger charge is -2.36. The molecule has 582 valence electrons. The first-order valence-corrected chi connectivity index (χ1v) is 42.5. The van der Waals surface area contributed by atoms with Gasteiger partial charge in [-0.15, -0.1) is 0 Å². The van der Waals surface area contributed by atoms with E-state index >= 15 is 0 Å². The van der Waals surface area contributed by atoms with Gasteiger partial charge in [0.1, 0.15) is 22.3 Å². The van der Waals surface area contributed by atoms with Gasteiger partial charge in [-0.25, -0.2) is 29.9 Å². The van der Waals surface area contributed by atoms with Crippen molar-refractivity contribution in [3.05, 3.63) is 355 Å². The van der Waals surface area contributed by atoms with E-state index < -0.39 is 0 Å². The van der Waals surface area contributed by atoms with E-state index in [-0.39, 0.29) is 29.2 Å². The molecule has 12 heteroatoms. The average Bonchev–Trinajstić information content (AvgIpc) is 1.53. The Bertz CT molecular complexity index is 6990. The van der Waals surface area contributed by atoms with E-state index in [1.54, 1.807) is 0 Å². The van der Waals surface area contributed by atoms with Crippen LogP contribution in [-0.2, 0) is 20.1 Å². The van der Waals surface area contributed by atoms with Crippen molar-refractivity contribution in [1.29, 1.82) is 0 Å². The minimum absolute atomic E-state index is 0.129. The summed E-state index contributed by atoms with van der Waals surface area (Å²) in [6.45, 7) is 8.53. The molecule has 5 heterocycles. The fraction of sp³-hybridized carbons (Fsp3) is 0.167. The molecule has 0 unspecified atom stereocenters. The predicted octanol–water partition coefficient (Wildman–Crippen LogP) is 27.6. The van der Waals surface area contributed by atoms with Crippen LogP contribution >= 0.6 is 11.6 Å². The maximum atomic E-state index is 6.44. The van der Waals surface area contributed by atoms with Gasteiger partial charge in [0.2, 0.25) is 0 Å². The van der Waals surface area contributed by atoms with Crippen LogP contribution in [0.3, 0.4) is 0 Å². The summed E-state index contributed by atoms with van der Waals surface area (Å²) in [6.07, 6.45) is 12.9. The van der Waals surface area contributed by atoms with Gasteiger partial charge in [-0.05, 0) is 191 Å². The Balaban J connectivity index is 0.000000119. The third-order valence-electron chi connectivity index (χ3n) is 26.1. The number of fused-ring (bicyclic) bond motifs is 16. The van der Waals surface area contributed by atoms with Gasteiger partial charge >= 0.3 is 7.12 Å². The SMILES string of the molecule is CC1(C)OB(c2cccc3c2-c2ccccc2C32CCCCC2)OC1(C)C.Clc1cccc(-c2cccc(-c3nc(-c4ccccc4)nc(-c4cccc5c4oc4ccccc45)n3)c2)c1.c1ccc(-c2nc(-c3cccc(-c4cccc(-c5cccc6c5-c5ccccc5C65CCCCC5)c4)c3)nc(-c3cccc4c3oc3ccccc34)n2)cc1. The lowest BCUT2D eigenvalue weighted by atomic mass is 9.66. The van der Waals surface area contributed by atoms with Gasteiger partial charge in [0.25, 0.3) is 0 Å². The molecule has 0 amide bonds. The number of furan rings is 2. The third kappa shape index (κ3) is 13.1. The van der Waals surface area contributed by atoms with Crippen molar-refractivity contribution in [3.8, 4) is 124 Å². The largest absolute Gasteiger partial charge is 0.495 e. The summed E-state index contributed by atoms with van der Waals surface area (Å²) in [7, 11) is -0.309. The van der Waals surface area contributed by atoms with Gasteiger partial charge < -0.3 is 18.1 Å². The molecule has 4 aromatic heterocycles. The first kappa shape index (κ1) is 74.5. The van der Waals surface area contributed by atoms with Crippen LogP contribution in [0.4, 0.5) is 0 Å². The highest BCUT2D eigenvalue weighted by Crippen LogP contribution is 2.59. The molecule has 14 aromatic carbocycles. The Hall–Kier alpha value is -13.0. The molecular formula is C108H86BClN6O4. The number of aromatic nitrogens is 6. The first-order valence-electron chi connectivity index (χ1n) is 42.2. The van der Waals surface area contributed by atoms with Crippen molar-refractivity contribution >= 4 is 68.1 Å². The van der Waals surface area contributed by atoms with Crippen LogP contribution in [0.25, 0.3) is 168 Å². The quantitative estimate of drug-likeness (QED) is 0.122. The number of para-hydroxylation sites is 4. The van der Waals surface area contributed by atoms with Crippen LogP contribution < -0.4 is 5.46 Å². The van der Waals surface area contributed by atoms with Crippen molar-refractivity contribution in [1.82, 2.24) is 29.9 Å². The van der Waals surface area contributed by atoms with E-state index in [9.17, 15) is 0 Å². The molecule has 1 saturated heterocycles. The zero-order valence-corrected chi connectivity index (χ0v) is 68.3. The number of halogens is 1. The van der Waals surface area contributed by atoms with Crippen LogP contribution in [0.2, 0.25) is 5.02 Å². The molecule has 2 spiro atoms. The van der Waals surface area contributed by atoms with E-state index in [4.69, 9.17) is 59.6 Å². The molecule has 3 fully saturated rings. The van der Waals surface area contributed by atoms with Crippen molar-refractivity contribution < 1.29 is 18.1 Å². The molecule has 23 rings (SSSR count). The van der Waals surface area contributed by atoms with Crippen LogP contribution in [0.1, 0.15) is 114 Å². The Morgan fingerprint density at radius 1 is 0.267 bits per heavy atom. The van der Waals surface area contributed by atoms with Gasteiger partial charge in [-0.2, -0.15) is 0 Å². The fourth-order valence-electron chi connectivity index (χ4n) is 19.6. The third-order valence-corrected chi connectivity index (χ3v) is 26.3. The smallest absolute Gasteiger partial charge is 0.455 e. The molecule has 2 saturated carbocycles. The number of rotatable bonds is 10. The molecule has 0 atom stereocenters. The summed E-state index contributed by atoms with van der Waals surface area (Å²) < 4.78 is 25.6. The van der Waals surface area contributed by atoms with E-state index in [1.165, 1.54) is 125 Å². The second-order valence-corrected chi connectivity index (χ2v) is 34.1. The van der Waals surface area contributed by atoms with Gasteiger partial charge in [0.05, 0.1) is 22.3 Å². The van der Waals surface area contributed by atoms with Crippen LogP contribution in [0, 0.1) is 0 Å². The lowest BCUT2D eigenvalue weighted by molar-refractivity contribution is 0.00578. The van der Waals surface area contributed by atoms with E-state index in [2.05, 4.69) is 204 Å². The normalized spacial score (nSPS) is 15.6. The molecule has 4 aliphatic carbocycles. The predicted molar refractivity (Wildman–Crippen MR) is 489 cm³/mol. The molecule has 0 radical (unpaired) electrons. The Morgan fingerprint density at radius 2 is 0.600 bits per heavy atom. The van der Waals surface area contributed by atoms with E-state index in [1.807, 2.05) is 152 Å². The summed E-state index contributed by atoms with van der Waals surface area (Å²) in [5.41, 5.74) is 27.9. The van der Waals surface area contributed by atoms with Crippen molar-refractivity contribution in [2.75, 3.05) is 0 Å². The van der Waals surface area contributed by atoms with Crippen LogP contribution in [-0.4, -0.2) is 48.2 Å². The molecule has 120 heavy (non-hydrogen) atoms. The molecule has 0 N–H and O–H groups in total. The van der Waals surface area contributed by atoms with Gasteiger partial charge in [-0.3, -0.25) is 0 Å². The first-order chi connectivity index (χ1) is 58.8. The molecule has 5 aliphatic rings. The monoisotopic (exact) mass is 1580 g/mol. The van der Waals surface area contributed by atoms with Crippen LogP contribution in [0.5, 0.6) is 0 Å². The highest BCUT2D eigenvalue weighted by molar-refractivity contribution is 6.64. The lowest BCUT2D eigenvalue weighted by Crippen LogP contribution is -2.41. The minimum Gasteiger partial charge on any atom is -0.455 e. The summed E-state index contributed by atoms with van der Waals surface area (Å²) >= 11 is 6.26. The second-order valence-electron chi connectivity index (χ2n) is 33.6. The van der Waals surface area contributed by atoms with Crippen LogP contribution in [0.15, 0.2) is 336 Å². The standard InChI is InChI=1S/C51H37N3O.C33H20ClN3O.C24H29BO2/c1-3-15-33(16-4-1)48-52-49(54-50(53-48)42-25-13-24-40-39-21-6-8-28-45(39)55-47(40)42)37-20-12-18-35(32-37)34-17-11-19-36(31-34)38-23-14-27-44-46(38)41-22-5-7-26-43(41)51(44)29-9-2-10-30-51;34-25-14-7-12-23(20-25)22-11-6-13-24(19-22)32-35-31(21-9-2-1-3-10-21)36-33(37-32)28-17-8-16-27-26-15-4-5-18-29(26)38-30(27)28;1-22(2)23(3,4)27-25(26-22)20-14-10-13-19-21(20)17-11-6-7-12-18(17)24(19)15-8-5-9-16-24/h1,3-8,11-28,31-32H,2,9-10,29-30H2;1-20H;6-7,10-14H,5,8-9,15-16H2,1-4H3. The number of hydrogen-bond acceptors (Lipinski definition) is 10. The molecule has 18 aromatic rings.